The van der Waals surface area contributed by atoms with Crippen LogP contribution in [0.3, 0.4) is 0 Å². The smallest absolute Gasteiger partial charge is 0.254 e. The lowest BCUT2D eigenvalue weighted by atomic mass is 10.1. The summed E-state index contributed by atoms with van der Waals surface area (Å²) in [4.78, 5) is 19.4. The van der Waals surface area contributed by atoms with Gasteiger partial charge in [0.1, 0.15) is 5.82 Å². The van der Waals surface area contributed by atoms with Gasteiger partial charge in [-0.25, -0.2) is 4.98 Å². The van der Waals surface area contributed by atoms with Crippen molar-refractivity contribution in [3.63, 3.8) is 0 Å². The van der Waals surface area contributed by atoms with E-state index in [1.807, 2.05) is 0 Å². The van der Waals surface area contributed by atoms with E-state index in [9.17, 15) is 4.79 Å². The van der Waals surface area contributed by atoms with E-state index in [2.05, 4.69) is 41.2 Å². The van der Waals surface area contributed by atoms with Crippen molar-refractivity contribution in [2.24, 2.45) is 0 Å². The lowest BCUT2D eigenvalue weighted by molar-refractivity contribution is 0.823. The summed E-state index contributed by atoms with van der Waals surface area (Å²) in [5.41, 5.74) is 4.55. The van der Waals surface area contributed by atoms with Gasteiger partial charge in [-0.05, 0) is 38.2 Å². The Morgan fingerprint density at radius 3 is 2.74 bits per heavy atom. The molecule has 3 nitrogen and oxygen atoms in total. The summed E-state index contributed by atoms with van der Waals surface area (Å²) in [6.45, 7) is 2.09. The minimum atomic E-state index is 0.0707. The first-order chi connectivity index (χ1) is 9.22. The number of aromatic nitrogens is 2. The van der Waals surface area contributed by atoms with E-state index < -0.39 is 0 Å². The highest BCUT2D eigenvalue weighted by molar-refractivity contribution is 5.24. The third-order valence-corrected chi connectivity index (χ3v) is 3.76. The molecule has 1 N–H and O–H groups in total. The second-order valence-electron chi connectivity index (χ2n) is 5.28. The molecule has 1 aliphatic rings. The Morgan fingerprint density at radius 2 is 1.95 bits per heavy atom. The number of rotatable bonds is 3. The zero-order chi connectivity index (χ0) is 13.2. The van der Waals surface area contributed by atoms with Gasteiger partial charge in [0.2, 0.25) is 0 Å². The van der Waals surface area contributed by atoms with Crippen molar-refractivity contribution < 1.29 is 0 Å². The topological polar surface area (TPSA) is 45.8 Å². The number of aryl methyl sites for hydroxylation is 4. The van der Waals surface area contributed by atoms with Gasteiger partial charge in [0, 0.05) is 12.0 Å². The Hall–Kier alpha value is -1.90. The number of fused-ring (bicyclic) bond motifs is 1. The first kappa shape index (κ1) is 12.2. The molecule has 0 amide bonds. The van der Waals surface area contributed by atoms with Gasteiger partial charge in [-0.1, -0.05) is 29.8 Å². The van der Waals surface area contributed by atoms with Gasteiger partial charge >= 0.3 is 0 Å². The Bertz CT molecular complexity index is 641. The molecule has 1 aromatic carbocycles. The van der Waals surface area contributed by atoms with Crippen LogP contribution in [0.4, 0.5) is 0 Å². The number of aromatic amines is 1. The number of benzene rings is 1. The Labute approximate surface area is 112 Å². The van der Waals surface area contributed by atoms with E-state index >= 15 is 0 Å². The molecular formula is C16H18N2O. The molecular weight excluding hydrogens is 236 g/mol. The predicted molar refractivity (Wildman–Crippen MR) is 75.5 cm³/mol. The second kappa shape index (κ2) is 5.00. The van der Waals surface area contributed by atoms with Gasteiger partial charge in [0.25, 0.3) is 5.56 Å². The lowest BCUT2D eigenvalue weighted by Crippen LogP contribution is -2.17. The first-order valence-electron chi connectivity index (χ1n) is 6.89. The quantitative estimate of drug-likeness (QED) is 0.914. The second-order valence-corrected chi connectivity index (χ2v) is 5.28. The summed E-state index contributed by atoms with van der Waals surface area (Å²) in [7, 11) is 0. The van der Waals surface area contributed by atoms with Gasteiger partial charge in [0.15, 0.2) is 0 Å². The van der Waals surface area contributed by atoms with Crippen molar-refractivity contribution in [3.05, 3.63) is 62.8 Å². The largest absolute Gasteiger partial charge is 0.310 e. The van der Waals surface area contributed by atoms with Gasteiger partial charge in [-0.15, -0.1) is 0 Å². The van der Waals surface area contributed by atoms with Crippen LogP contribution in [0.5, 0.6) is 0 Å². The molecule has 3 rings (SSSR count). The maximum absolute atomic E-state index is 11.9. The molecule has 0 atom stereocenters. The number of hydrogen-bond donors (Lipinski definition) is 1. The molecule has 0 spiro atoms. The van der Waals surface area contributed by atoms with E-state index in [0.29, 0.717) is 0 Å². The van der Waals surface area contributed by atoms with Gasteiger partial charge in [0.05, 0.1) is 5.69 Å². The molecule has 98 valence electrons. The molecule has 1 aliphatic carbocycles. The molecule has 1 heterocycles. The normalized spacial score (nSPS) is 13.5. The maximum Gasteiger partial charge on any atom is 0.254 e. The molecule has 0 aliphatic heterocycles. The van der Waals surface area contributed by atoms with Crippen LogP contribution in [0.25, 0.3) is 0 Å². The Kier molecular flexibility index (Phi) is 3.20. The highest BCUT2D eigenvalue weighted by Gasteiger charge is 2.16. The van der Waals surface area contributed by atoms with Crippen molar-refractivity contribution in [1.82, 2.24) is 9.97 Å². The fourth-order valence-corrected chi connectivity index (χ4v) is 2.63. The van der Waals surface area contributed by atoms with Crippen LogP contribution in [0.15, 0.2) is 29.1 Å². The SMILES string of the molecule is Cc1ccc(CCc2nc3c(c(=O)[nH]2)CCC3)cc1. The lowest BCUT2D eigenvalue weighted by Gasteiger charge is -2.04. The molecule has 0 fully saturated rings. The molecule has 0 saturated heterocycles. The molecule has 0 bridgehead atoms. The summed E-state index contributed by atoms with van der Waals surface area (Å²) in [6, 6.07) is 8.52. The van der Waals surface area contributed by atoms with Gasteiger partial charge < -0.3 is 4.98 Å². The minimum absolute atomic E-state index is 0.0707. The Balaban J connectivity index is 1.75. The number of H-pyrrole nitrogens is 1. The van der Waals surface area contributed by atoms with Crippen LogP contribution in [-0.4, -0.2) is 9.97 Å². The van der Waals surface area contributed by atoms with Crippen LogP contribution in [0, 0.1) is 6.92 Å². The highest BCUT2D eigenvalue weighted by Crippen LogP contribution is 2.16. The monoisotopic (exact) mass is 254 g/mol. The minimum Gasteiger partial charge on any atom is -0.310 e. The summed E-state index contributed by atoms with van der Waals surface area (Å²) in [5.74, 6) is 0.825. The third-order valence-electron chi connectivity index (χ3n) is 3.76. The number of nitrogens with zero attached hydrogens (tertiary/aromatic N) is 1. The van der Waals surface area contributed by atoms with E-state index in [4.69, 9.17) is 0 Å². The molecule has 0 radical (unpaired) electrons. The Morgan fingerprint density at radius 1 is 1.16 bits per heavy atom. The summed E-state index contributed by atoms with van der Waals surface area (Å²) in [5, 5.41) is 0. The molecule has 3 heteroatoms. The van der Waals surface area contributed by atoms with Crippen molar-refractivity contribution >= 4 is 0 Å². The van der Waals surface area contributed by atoms with Gasteiger partial charge in [-0.2, -0.15) is 0 Å². The summed E-state index contributed by atoms with van der Waals surface area (Å²) < 4.78 is 0. The fraction of sp³-hybridized carbons (Fsp3) is 0.375. The predicted octanol–water partition coefficient (Wildman–Crippen LogP) is 2.35. The zero-order valence-electron chi connectivity index (χ0n) is 11.2. The highest BCUT2D eigenvalue weighted by atomic mass is 16.1. The molecule has 0 unspecified atom stereocenters. The van der Waals surface area contributed by atoms with E-state index in [1.54, 1.807) is 0 Å². The van der Waals surface area contributed by atoms with Crippen molar-refractivity contribution in [3.8, 4) is 0 Å². The summed E-state index contributed by atoms with van der Waals surface area (Å²) in [6.07, 6.45) is 4.62. The molecule has 1 aromatic heterocycles. The first-order valence-corrected chi connectivity index (χ1v) is 6.89. The van der Waals surface area contributed by atoms with Crippen LogP contribution in [0.2, 0.25) is 0 Å². The average Bonchev–Trinajstić information content (AvgIpc) is 2.87. The standard InChI is InChI=1S/C16H18N2O/c1-11-5-7-12(8-6-11)9-10-15-17-14-4-2-3-13(14)16(19)18-15/h5-8H,2-4,9-10H2,1H3,(H,17,18,19). The summed E-state index contributed by atoms with van der Waals surface area (Å²) >= 11 is 0. The van der Waals surface area contributed by atoms with Crippen molar-refractivity contribution in [2.75, 3.05) is 0 Å². The maximum atomic E-state index is 11.9. The molecule has 19 heavy (non-hydrogen) atoms. The third kappa shape index (κ3) is 2.60. The van der Waals surface area contributed by atoms with Crippen molar-refractivity contribution in [2.45, 2.75) is 39.0 Å². The van der Waals surface area contributed by atoms with Gasteiger partial charge in [-0.3, -0.25) is 4.79 Å². The average molecular weight is 254 g/mol. The van der Waals surface area contributed by atoms with E-state index in [-0.39, 0.29) is 5.56 Å². The van der Waals surface area contributed by atoms with Crippen LogP contribution in [0.1, 0.15) is 34.6 Å². The van der Waals surface area contributed by atoms with Crippen LogP contribution >= 0.6 is 0 Å². The van der Waals surface area contributed by atoms with E-state index in [0.717, 1.165) is 49.2 Å². The number of nitrogens with one attached hydrogen (secondary N) is 1. The van der Waals surface area contributed by atoms with Crippen molar-refractivity contribution in [1.29, 1.82) is 0 Å². The molecule has 0 saturated carbocycles. The van der Waals surface area contributed by atoms with E-state index in [1.165, 1.54) is 11.1 Å². The van der Waals surface area contributed by atoms with Crippen LogP contribution < -0.4 is 5.56 Å². The zero-order valence-corrected chi connectivity index (χ0v) is 11.2. The number of hydrogen-bond acceptors (Lipinski definition) is 2. The molecule has 2 aromatic rings. The fourth-order valence-electron chi connectivity index (χ4n) is 2.63. The van der Waals surface area contributed by atoms with Crippen LogP contribution in [-0.2, 0) is 25.7 Å².